The fraction of sp³-hybridized carbons (Fsp3) is 0.500. The van der Waals surface area contributed by atoms with Gasteiger partial charge in [0.25, 0.3) is 0 Å². The molecule has 0 bridgehead atoms. The molecule has 2 heterocycles. The molecule has 0 spiro atoms. The van der Waals surface area contributed by atoms with E-state index in [0.29, 0.717) is 12.5 Å². The highest BCUT2D eigenvalue weighted by Gasteiger charge is 2.06. The molecule has 22 heavy (non-hydrogen) atoms. The smallest absolute Gasteiger partial charge is 0.191 e. The van der Waals surface area contributed by atoms with E-state index in [1.165, 1.54) is 10.4 Å². The minimum atomic E-state index is 0.604. The summed E-state index contributed by atoms with van der Waals surface area (Å²) in [6.07, 6.45) is 3.88. The number of aromatic nitrogens is 2. The molecule has 2 aromatic heterocycles. The van der Waals surface area contributed by atoms with Crippen molar-refractivity contribution in [3.05, 3.63) is 40.1 Å². The number of guanidine groups is 1. The summed E-state index contributed by atoms with van der Waals surface area (Å²) in [5, 5.41) is 8.79. The van der Waals surface area contributed by atoms with Gasteiger partial charge in [-0.3, -0.25) is 4.99 Å². The number of thiophene rings is 1. The van der Waals surface area contributed by atoms with E-state index < -0.39 is 0 Å². The molecular formula is C16H25N5S. The van der Waals surface area contributed by atoms with Crippen molar-refractivity contribution < 1.29 is 0 Å². The maximum absolute atomic E-state index is 4.42. The standard InChI is InChI=1S/C16H25N5S/c1-12(2)11-21-7-6-18-15(21)10-20-16(17-4)19-9-14-13(3)5-8-22-14/h5-8,12H,9-11H2,1-4H3,(H2,17,19,20). The Morgan fingerprint density at radius 3 is 2.77 bits per heavy atom. The number of hydrogen-bond donors (Lipinski definition) is 2. The molecule has 0 aliphatic rings. The van der Waals surface area contributed by atoms with Crippen molar-refractivity contribution >= 4 is 17.3 Å². The number of rotatable bonds is 6. The van der Waals surface area contributed by atoms with Crippen molar-refractivity contribution in [1.82, 2.24) is 20.2 Å². The molecule has 2 aromatic rings. The Hall–Kier alpha value is -1.82. The van der Waals surface area contributed by atoms with E-state index in [2.05, 4.69) is 57.4 Å². The molecule has 6 heteroatoms. The van der Waals surface area contributed by atoms with E-state index in [1.807, 2.05) is 12.4 Å². The minimum absolute atomic E-state index is 0.604. The highest BCUT2D eigenvalue weighted by atomic mass is 32.1. The van der Waals surface area contributed by atoms with Gasteiger partial charge in [-0.25, -0.2) is 4.98 Å². The largest absolute Gasteiger partial charge is 0.352 e. The average molecular weight is 319 g/mol. The van der Waals surface area contributed by atoms with Crippen molar-refractivity contribution in [2.75, 3.05) is 7.05 Å². The predicted molar refractivity (Wildman–Crippen MR) is 93.2 cm³/mol. The van der Waals surface area contributed by atoms with Gasteiger partial charge in [-0.05, 0) is 29.9 Å². The summed E-state index contributed by atoms with van der Waals surface area (Å²) in [6, 6.07) is 2.14. The lowest BCUT2D eigenvalue weighted by Gasteiger charge is -2.14. The maximum atomic E-state index is 4.42. The van der Waals surface area contributed by atoms with Crippen LogP contribution in [-0.2, 0) is 19.6 Å². The number of aliphatic imine (C=N–C) groups is 1. The number of imidazole rings is 1. The van der Waals surface area contributed by atoms with E-state index in [4.69, 9.17) is 0 Å². The van der Waals surface area contributed by atoms with Crippen LogP contribution in [0.3, 0.4) is 0 Å². The normalized spacial score (nSPS) is 12.0. The zero-order chi connectivity index (χ0) is 15.9. The molecule has 0 unspecified atom stereocenters. The molecule has 0 radical (unpaired) electrons. The fourth-order valence-corrected chi connectivity index (χ4v) is 3.05. The summed E-state index contributed by atoms with van der Waals surface area (Å²) in [6.45, 7) is 9.00. The highest BCUT2D eigenvalue weighted by molar-refractivity contribution is 7.10. The topological polar surface area (TPSA) is 54.2 Å². The molecule has 2 N–H and O–H groups in total. The van der Waals surface area contributed by atoms with Crippen LogP contribution in [0.15, 0.2) is 28.8 Å². The van der Waals surface area contributed by atoms with Gasteiger partial charge >= 0.3 is 0 Å². The Balaban J connectivity index is 1.86. The molecule has 0 saturated heterocycles. The van der Waals surface area contributed by atoms with Gasteiger partial charge in [-0.15, -0.1) is 11.3 Å². The van der Waals surface area contributed by atoms with E-state index in [0.717, 1.165) is 24.9 Å². The lowest BCUT2D eigenvalue weighted by molar-refractivity contribution is 0.503. The van der Waals surface area contributed by atoms with Gasteiger partial charge in [0, 0.05) is 30.9 Å². The molecule has 0 aliphatic heterocycles. The average Bonchev–Trinajstić information content (AvgIpc) is 3.08. The molecule has 120 valence electrons. The summed E-state index contributed by atoms with van der Waals surface area (Å²) in [5.41, 5.74) is 1.32. The molecule has 0 atom stereocenters. The summed E-state index contributed by atoms with van der Waals surface area (Å²) in [7, 11) is 1.79. The van der Waals surface area contributed by atoms with Gasteiger partial charge in [0.1, 0.15) is 5.82 Å². The monoisotopic (exact) mass is 319 g/mol. The lowest BCUT2D eigenvalue weighted by atomic mass is 10.2. The van der Waals surface area contributed by atoms with Gasteiger partial charge in [0.15, 0.2) is 5.96 Å². The first-order valence-corrected chi connectivity index (χ1v) is 8.45. The first-order chi connectivity index (χ1) is 10.6. The van der Waals surface area contributed by atoms with Crippen LogP contribution < -0.4 is 10.6 Å². The quantitative estimate of drug-likeness (QED) is 0.636. The molecule has 2 rings (SSSR count). The van der Waals surface area contributed by atoms with Crippen LogP contribution in [-0.4, -0.2) is 22.6 Å². The summed E-state index contributed by atoms with van der Waals surface area (Å²) >= 11 is 1.77. The Morgan fingerprint density at radius 2 is 2.14 bits per heavy atom. The minimum Gasteiger partial charge on any atom is -0.352 e. The second kappa shape index (κ2) is 7.98. The summed E-state index contributed by atoms with van der Waals surface area (Å²) in [5.74, 6) is 2.43. The molecular weight excluding hydrogens is 294 g/mol. The van der Waals surface area contributed by atoms with Crippen LogP contribution in [0.2, 0.25) is 0 Å². The van der Waals surface area contributed by atoms with Crippen molar-refractivity contribution in [1.29, 1.82) is 0 Å². The summed E-state index contributed by atoms with van der Waals surface area (Å²) < 4.78 is 2.19. The third-order valence-electron chi connectivity index (χ3n) is 3.39. The van der Waals surface area contributed by atoms with E-state index in [9.17, 15) is 0 Å². The Kier molecular flexibility index (Phi) is 6.00. The van der Waals surface area contributed by atoms with Crippen LogP contribution in [0, 0.1) is 12.8 Å². The van der Waals surface area contributed by atoms with Crippen LogP contribution in [0.5, 0.6) is 0 Å². The van der Waals surface area contributed by atoms with Crippen LogP contribution in [0.4, 0.5) is 0 Å². The molecule has 5 nitrogen and oxygen atoms in total. The first-order valence-electron chi connectivity index (χ1n) is 7.57. The molecule has 0 amide bonds. The van der Waals surface area contributed by atoms with Crippen molar-refractivity contribution in [3.8, 4) is 0 Å². The van der Waals surface area contributed by atoms with E-state index >= 15 is 0 Å². The number of aryl methyl sites for hydroxylation is 1. The Bertz CT molecular complexity index is 612. The fourth-order valence-electron chi connectivity index (χ4n) is 2.20. The van der Waals surface area contributed by atoms with Gasteiger partial charge in [-0.2, -0.15) is 0 Å². The summed E-state index contributed by atoms with van der Waals surface area (Å²) in [4.78, 5) is 10.0. The Labute approximate surface area is 136 Å². The third kappa shape index (κ3) is 4.59. The maximum Gasteiger partial charge on any atom is 0.191 e. The second-order valence-corrected chi connectivity index (χ2v) is 6.70. The molecule has 0 aliphatic carbocycles. The third-order valence-corrected chi connectivity index (χ3v) is 4.41. The predicted octanol–water partition coefficient (Wildman–Crippen LogP) is 2.77. The van der Waals surface area contributed by atoms with Crippen LogP contribution in [0.25, 0.3) is 0 Å². The number of nitrogens with one attached hydrogen (secondary N) is 2. The van der Waals surface area contributed by atoms with Gasteiger partial charge < -0.3 is 15.2 Å². The Morgan fingerprint density at radius 1 is 1.36 bits per heavy atom. The molecule has 0 saturated carbocycles. The van der Waals surface area contributed by atoms with E-state index in [-0.39, 0.29) is 0 Å². The molecule has 0 fully saturated rings. The van der Waals surface area contributed by atoms with Crippen molar-refractivity contribution in [2.45, 2.75) is 40.4 Å². The highest BCUT2D eigenvalue weighted by Crippen LogP contribution is 2.14. The SMILES string of the molecule is CN=C(NCc1sccc1C)NCc1nccn1CC(C)C. The number of hydrogen-bond acceptors (Lipinski definition) is 3. The van der Waals surface area contributed by atoms with Crippen molar-refractivity contribution in [3.63, 3.8) is 0 Å². The van der Waals surface area contributed by atoms with Crippen molar-refractivity contribution in [2.24, 2.45) is 10.9 Å². The van der Waals surface area contributed by atoms with Crippen LogP contribution in [0.1, 0.15) is 30.1 Å². The van der Waals surface area contributed by atoms with Gasteiger partial charge in [0.05, 0.1) is 13.1 Å². The molecule has 0 aromatic carbocycles. The zero-order valence-electron chi connectivity index (χ0n) is 13.8. The van der Waals surface area contributed by atoms with Gasteiger partial charge in [0.2, 0.25) is 0 Å². The second-order valence-electron chi connectivity index (χ2n) is 5.70. The van der Waals surface area contributed by atoms with Crippen LogP contribution >= 0.6 is 11.3 Å². The van der Waals surface area contributed by atoms with E-state index in [1.54, 1.807) is 18.4 Å². The lowest BCUT2D eigenvalue weighted by Crippen LogP contribution is -2.37. The first kappa shape index (κ1) is 16.5. The number of nitrogens with zero attached hydrogens (tertiary/aromatic N) is 3. The zero-order valence-corrected chi connectivity index (χ0v) is 14.6. The van der Waals surface area contributed by atoms with Gasteiger partial charge in [-0.1, -0.05) is 13.8 Å².